The Morgan fingerprint density at radius 2 is 2.19 bits per heavy atom. The van der Waals surface area contributed by atoms with Crippen LogP contribution in [0.2, 0.25) is 5.02 Å². The molecular formula is C11H7ClN2O2. The minimum absolute atomic E-state index is 0.0186. The van der Waals surface area contributed by atoms with Crippen molar-refractivity contribution in [2.24, 2.45) is 4.99 Å². The van der Waals surface area contributed by atoms with Gasteiger partial charge >= 0.3 is 0 Å². The van der Waals surface area contributed by atoms with Gasteiger partial charge in [0.1, 0.15) is 10.7 Å². The standard InChI is InChI=1S/C11H7ClN2O2/c1-7-4-2-3-5-8(7)10-9(12)11(13-6-15)16-14-10/h2-5H,1H3. The third-order valence-electron chi connectivity index (χ3n) is 2.17. The van der Waals surface area contributed by atoms with Crippen molar-refractivity contribution in [2.75, 3.05) is 0 Å². The van der Waals surface area contributed by atoms with Gasteiger partial charge in [0.25, 0.3) is 5.88 Å². The van der Waals surface area contributed by atoms with E-state index in [0.29, 0.717) is 5.69 Å². The van der Waals surface area contributed by atoms with Crippen molar-refractivity contribution in [1.29, 1.82) is 0 Å². The van der Waals surface area contributed by atoms with Crippen LogP contribution in [-0.4, -0.2) is 11.2 Å². The first-order valence-corrected chi connectivity index (χ1v) is 4.91. The molecule has 80 valence electrons. The van der Waals surface area contributed by atoms with Gasteiger partial charge in [-0.15, -0.1) is 4.99 Å². The Bertz CT molecular complexity index is 571. The van der Waals surface area contributed by atoms with Crippen LogP contribution in [0.4, 0.5) is 5.88 Å². The second kappa shape index (κ2) is 4.31. The van der Waals surface area contributed by atoms with E-state index in [1.807, 2.05) is 31.2 Å². The van der Waals surface area contributed by atoms with Crippen LogP contribution in [0, 0.1) is 6.92 Å². The predicted molar refractivity (Wildman–Crippen MR) is 59.5 cm³/mol. The molecule has 0 bridgehead atoms. The zero-order valence-corrected chi connectivity index (χ0v) is 9.15. The van der Waals surface area contributed by atoms with E-state index < -0.39 is 0 Å². The summed E-state index contributed by atoms with van der Waals surface area (Å²) in [5, 5.41) is 4.01. The molecule has 2 aromatic rings. The molecule has 0 aliphatic rings. The molecule has 0 saturated heterocycles. The number of aliphatic imine (C=N–C) groups is 1. The van der Waals surface area contributed by atoms with Gasteiger partial charge in [-0.05, 0) is 12.5 Å². The normalized spacial score (nSPS) is 9.88. The predicted octanol–water partition coefficient (Wildman–Crippen LogP) is 3.27. The van der Waals surface area contributed by atoms with Gasteiger partial charge in [0.2, 0.25) is 6.08 Å². The van der Waals surface area contributed by atoms with E-state index in [0.717, 1.165) is 11.1 Å². The number of benzene rings is 1. The lowest BCUT2D eigenvalue weighted by atomic mass is 10.1. The quantitative estimate of drug-likeness (QED) is 0.592. The summed E-state index contributed by atoms with van der Waals surface area (Å²) in [6, 6.07) is 7.59. The molecule has 0 fully saturated rings. The highest BCUT2D eigenvalue weighted by Crippen LogP contribution is 2.35. The van der Waals surface area contributed by atoms with Crippen LogP contribution in [0.3, 0.4) is 0 Å². The van der Waals surface area contributed by atoms with Crippen LogP contribution >= 0.6 is 11.6 Å². The molecule has 2 rings (SSSR count). The summed E-state index contributed by atoms with van der Waals surface area (Å²) in [7, 11) is 0. The maximum Gasteiger partial charge on any atom is 0.280 e. The number of hydrogen-bond donors (Lipinski definition) is 0. The maximum absolute atomic E-state index is 10.1. The number of aromatic nitrogens is 1. The highest BCUT2D eigenvalue weighted by atomic mass is 35.5. The molecule has 4 nitrogen and oxygen atoms in total. The molecule has 0 amide bonds. The van der Waals surface area contributed by atoms with E-state index in [4.69, 9.17) is 16.1 Å². The lowest BCUT2D eigenvalue weighted by molar-refractivity contribution is 0.432. The van der Waals surface area contributed by atoms with Crippen molar-refractivity contribution in [2.45, 2.75) is 6.92 Å². The van der Waals surface area contributed by atoms with Gasteiger partial charge in [-0.1, -0.05) is 41.0 Å². The van der Waals surface area contributed by atoms with Gasteiger partial charge < -0.3 is 4.52 Å². The van der Waals surface area contributed by atoms with E-state index in [-0.39, 0.29) is 10.9 Å². The summed E-state index contributed by atoms with van der Waals surface area (Å²) < 4.78 is 4.83. The lowest BCUT2D eigenvalue weighted by Gasteiger charge is -2.00. The van der Waals surface area contributed by atoms with Crippen LogP contribution in [-0.2, 0) is 4.79 Å². The number of rotatable bonds is 2. The highest BCUT2D eigenvalue weighted by molar-refractivity contribution is 6.35. The third-order valence-corrected chi connectivity index (χ3v) is 2.51. The molecule has 0 radical (unpaired) electrons. The fraction of sp³-hybridized carbons (Fsp3) is 0.0909. The van der Waals surface area contributed by atoms with Crippen molar-refractivity contribution in [1.82, 2.24) is 5.16 Å². The molecule has 0 N–H and O–H groups in total. The molecule has 0 aliphatic heterocycles. The smallest absolute Gasteiger partial charge is 0.280 e. The number of carbonyl (C=O) groups excluding carboxylic acids is 1. The Hall–Kier alpha value is -1.90. The molecular weight excluding hydrogens is 228 g/mol. The molecule has 16 heavy (non-hydrogen) atoms. The van der Waals surface area contributed by atoms with Crippen LogP contribution in [0.1, 0.15) is 5.56 Å². The fourth-order valence-corrected chi connectivity index (χ4v) is 1.60. The second-order valence-corrected chi connectivity index (χ2v) is 3.55. The minimum Gasteiger partial charge on any atom is -0.333 e. The van der Waals surface area contributed by atoms with Crippen LogP contribution in [0.5, 0.6) is 0 Å². The Labute approximate surface area is 96.5 Å². The van der Waals surface area contributed by atoms with Gasteiger partial charge in [0, 0.05) is 5.56 Å². The largest absolute Gasteiger partial charge is 0.333 e. The SMILES string of the molecule is Cc1ccccc1-c1noc(N=C=O)c1Cl. The second-order valence-electron chi connectivity index (χ2n) is 3.17. The highest BCUT2D eigenvalue weighted by Gasteiger charge is 2.16. The average Bonchev–Trinajstić information content (AvgIpc) is 2.62. The molecule has 0 aliphatic carbocycles. The summed E-state index contributed by atoms with van der Waals surface area (Å²) in [6.07, 6.45) is 1.36. The Morgan fingerprint density at radius 3 is 2.88 bits per heavy atom. The van der Waals surface area contributed by atoms with Crippen LogP contribution in [0.25, 0.3) is 11.3 Å². The third kappa shape index (κ3) is 1.76. The number of aryl methyl sites for hydroxylation is 1. The van der Waals surface area contributed by atoms with Gasteiger partial charge in [-0.3, -0.25) is 0 Å². The Kier molecular flexibility index (Phi) is 2.86. The van der Waals surface area contributed by atoms with E-state index in [1.165, 1.54) is 6.08 Å². The summed E-state index contributed by atoms with van der Waals surface area (Å²) in [4.78, 5) is 13.4. The van der Waals surface area contributed by atoms with Gasteiger partial charge in [0.15, 0.2) is 0 Å². The first-order chi connectivity index (χ1) is 7.74. The first kappa shape index (κ1) is 10.6. The fourth-order valence-electron chi connectivity index (χ4n) is 1.39. The van der Waals surface area contributed by atoms with Gasteiger partial charge in [0.05, 0.1) is 0 Å². The van der Waals surface area contributed by atoms with E-state index in [1.54, 1.807) is 0 Å². The topological polar surface area (TPSA) is 55.5 Å². The molecule has 0 atom stereocenters. The summed E-state index contributed by atoms with van der Waals surface area (Å²) >= 11 is 5.98. The number of isocyanates is 1. The van der Waals surface area contributed by atoms with E-state index >= 15 is 0 Å². The van der Waals surface area contributed by atoms with Gasteiger partial charge in [-0.25, -0.2) is 4.79 Å². The molecule has 0 unspecified atom stereocenters. The van der Waals surface area contributed by atoms with Crippen molar-refractivity contribution in [3.8, 4) is 11.3 Å². The minimum atomic E-state index is -0.0186. The van der Waals surface area contributed by atoms with Crippen LogP contribution < -0.4 is 0 Å². The van der Waals surface area contributed by atoms with Crippen molar-refractivity contribution in [3.63, 3.8) is 0 Å². The molecule has 1 aromatic carbocycles. The molecule has 0 saturated carbocycles. The number of hydrogen-bond acceptors (Lipinski definition) is 4. The van der Waals surface area contributed by atoms with Crippen molar-refractivity contribution >= 4 is 23.6 Å². The Morgan fingerprint density at radius 1 is 1.44 bits per heavy atom. The molecule has 5 heteroatoms. The lowest BCUT2D eigenvalue weighted by Crippen LogP contribution is -1.82. The summed E-state index contributed by atoms with van der Waals surface area (Å²) in [6.45, 7) is 1.93. The first-order valence-electron chi connectivity index (χ1n) is 4.53. The molecule has 1 aromatic heterocycles. The monoisotopic (exact) mass is 234 g/mol. The zero-order valence-electron chi connectivity index (χ0n) is 8.40. The van der Waals surface area contributed by atoms with Crippen LogP contribution in [0.15, 0.2) is 33.8 Å². The van der Waals surface area contributed by atoms with Crippen molar-refractivity contribution in [3.05, 3.63) is 34.9 Å². The zero-order chi connectivity index (χ0) is 11.5. The maximum atomic E-state index is 10.1. The number of nitrogens with zero attached hydrogens (tertiary/aromatic N) is 2. The average molecular weight is 235 g/mol. The Balaban J connectivity index is 2.58. The molecule has 1 heterocycles. The summed E-state index contributed by atoms with van der Waals surface area (Å²) in [5.74, 6) is -0.0186. The molecule has 0 spiro atoms. The van der Waals surface area contributed by atoms with Gasteiger partial charge in [-0.2, -0.15) is 0 Å². The van der Waals surface area contributed by atoms with E-state index in [9.17, 15) is 4.79 Å². The van der Waals surface area contributed by atoms with E-state index in [2.05, 4.69) is 10.1 Å². The summed E-state index contributed by atoms with van der Waals surface area (Å²) in [5.41, 5.74) is 2.34. The number of halogens is 1. The van der Waals surface area contributed by atoms with Crippen molar-refractivity contribution < 1.29 is 9.32 Å².